The van der Waals surface area contributed by atoms with Crippen LogP contribution in [0.15, 0.2) is 11.1 Å². The summed E-state index contributed by atoms with van der Waals surface area (Å²) in [7, 11) is 1.16. The molecule has 0 atom stereocenters. The minimum atomic E-state index is -1.24. The Labute approximate surface area is 70.8 Å². The van der Waals surface area contributed by atoms with Gasteiger partial charge in [-0.15, -0.1) is 0 Å². The summed E-state index contributed by atoms with van der Waals surface area (Å²) < 4.78 is 4.32. The van der Waals surface area contributed by atoms with Crippen LogP contribution in [0.3, 0.4) is 0 Å². The van der Waals surface area contributed by atoms with Crippen molar-refractivity contribution in [2.45, 2.75) is 20.3 Å². The van der Waals surface area contributed by atoms with Crippen LogP contribution in [0.2, 0.25) is 0 Å². The van der Waals surface area contributed by atoms with Gasteiger partial charge in [-0.05, 0) is 13.3 Å². The fourth-order valence-electron chi connectivity index (χ4n) is 0.723. The zero-order chi connectivity index (χ0) is 9.72. The van der Waals surface area contributed by atoms with Crippen molar-refractivity contribution in [2.24, 2.45) is 0 Å². The largest absolute Gasteiger partial charge is 0.477 e. The van der Waals surface area contributed by atoms with E-state index in [0.29, 0.717) is 12.0 Å². The number of methoxy groups -OCH3 is 1. The summed E-state index contributed by atoms with van der Waals surface area (Å²) in [5.74, 6) is -2.02. The number of aliphatic carboxylic acids is 1. The molecule has 0 amide bonds. The molecule has 0 radical (unpaired) electrons. The molecule has 12 heavy (non-hydrogen) atoms. The van der Waals surface area contributed by atoms with Gasteiger partial charge in [0.15, 0.2) is 0 Å². The highest BCUT2D eigenvalue weighted by Gasteiger charge is 2.19. The summed E-state index contributed by atoms with van der Waals surface area (Å²) in [6.07, 6.45) is 0.525. The van der Waals surface area contributed by atoms with Gasteiger partial charge in [-0.1, -0.05) is 12.5 Å². The van der Waals surface area contributed by atoms with Crippen LogP contribution in [0.5, 0.6) is 0 Å². The number of rotatable bonds is 3. The van der Waals surface area contributed by atoms with Gasteiger partial charge < -0.3 is 9.84 Å². The summed E-state index contributed by atoms with van der Waals surface area (Å²) in [5, 5.41) is 8.62. The fourth-order valence-corrected chi connectivity index (χ4v) is 0.723. The van der Waals surface area contributed by atoms with Crippen molar-refractivity contribution in [1.29, 1.82) is 0 Å². The zero-order valence-corrected chi connectivity index (χ0v) is 7.38. The molecule has 0 bridgehead atoms. The lowest BCUT2D eigenvalue weighted by Crippen LogP contribution is -2.15. The SMILES string of the molecule is CC/C(C)=C(\C(=O)O)C(=O)OC. The number of carbonyl (C=O) groups excluding carboxylic acids is 1. The number of allylic oxidation sites excluding steroid dienone is 1. The third-order valence-electron chi connectivity index (χ3n) is 1.56. The van der Waals surface area contributed by atoms with Crippen LogP contribution in [-0.4, -0.2) is 24.2 Å². The number of carboxylic acids is 1. The lowest BCUT2D eigenvalue weighted by atomic mass is 10.1. The number of hydrogen-bond donors (Lipinski definition) is 1. The van der Waals surface area contributed by atoms with Crippen LogP contribution in [0.4, 0.5) is 0 Å². The molecule has 0 aliphatic heterocycles. The number of esters is 1. The topological polar surface area (TPSA) is 63.6 Å². The summed E-state index contributed by atoms with van der Waals surface area (Å²) >= 11 is 0. The van der Waals surface area contributed by atoms with Gasteiger partial charge in [-0.25, -0.2) is 9.59 Å². The summed E-state index contributed by atoms with van der Waals surface area (Å²) in [4.78, 5) is 21.4. The van der Waals surface area contributed by atoms with Gasteiger partial charge in [0.1, 0.15) is 5.57 Å². The Morgan fingerprint density at radius 1 is 1.42 bits per heavy atom. The predicted octanol–water partition coefficient (Wildman–Crippen LogP) is 0.970. The molecule has 0 fully saturated rings. The molecule has 0 aromatic heterocycles. The molecule has 68 valence electrons. The minimum absolute atomic E-state index is 0.264. The smallest absolute Gasteiger partial charge is 0.345 e. The Morgan fingerprint density at radius 3 is 2.17 bits per heavy atom. The molecule has 0 aromatic carbocycles. The van der Waals surface area contributed by atoms with Crippen LogP contribution in [0, 0.1) is 0 Å². The maximum Gasteiger partial charge on any atom is 0.345 e. The lowest BCUT2D eigenvalue weighted by Gasteiger charge is -2.03. The molecule has 0 heterocycles. The summed E-state index contributed by atoms with van der Waals surface area (Å²) in [5.41, 5.74) is 0.259. The second-order valence-corrected chi connectivity index (χ2v) is 2.31. The van der Waals surface area contributed by atoms with Crippen molar-refractivity contribution >= 4 is 11.9 Å². The molecule has 0 aliphatic rings. The minimum Gasteiger partial charge on any atom is -0.477 e. The zero-order valence-electron chi connectivity index (χ0n) is 7.38. The van der Waals surface area contributed by atoms with E-state index in [1.54, 1.807) is 13.8 Å². The van der Waals surface area contributed by atoms with Gasteiger partial charge in [-0.3, -0.25) is 0 Å². The molecule has 0 saturated carbocycles. The second-order valence-electron chi connectivity index (χ2n) is 2.31. The molecule has 0 saturated heterocycles. The Balaban J connectivity index is 4.91. The van der Waals surface area contributed by atoms with E-state index in [4.69, 9.17) is 5.11 Å². The average molecular weight is 172 g/mol. The molecule has 0 aliphatic carbocycles. The highest BCUT2D eigenvalue weighted by molar-refractivity contribution is 6.13. The Morgan fingerprint density at radius 2 is 1.92 bits per heavy atom. The van der Waals surface area contributed by atoms with E-state index in [0.717, 1.165) is 7.11 Å². The number of hydrogen-bond acceptors (Lipinski definition) is 3. The first-order valence-corrected chi connectivity index (χ1v) is 3.55. The first-order chi connectivity index (χ1) is 5.54. The van der Waals surface area contributed by atoms with Crippen molar-refractivity contribution in [3.8, 4) is 0 Å². The third-order valence-corrected chi connectivity index (χ3v) is 1.56. The first kappa shape index (κ1) is 10.7. The fraction of sp³-hybridized carbons (Fsp3) is 0.500. The van der Waals surface area contributed by atoms with Gasteiger partial charge >= 0.3 is 11.9 Å². The standard InChI is InChI=1S/C8H12O4/c1-4-5(2)6(7(9)10)8(11)12-3/h4H2,1-3H3,(H,9,10)/b6-5+. The maximum atomic E-state index is 10.9. The van der Waals surface area contributed by atoms with E-state index >= 15 is 0 Å². The van der Waals surface area contributed by atoms with Crippen molar-refractivity contribution in [3.63, 3.8) is 0 Å². The molecule has 4 heteroatoms. The number of carboxylic acid groups (broad SMARTS) is 1. The van der Waals surface area contributed by atoms with E-state index in [2.05, 4.69) is 4.74 Å². The highest BCUT2D eigenvalue weighted by Crippen LogP contribution is 2.09. The summed E-state index contributed by atoms with van der Waals surface area (Å²) in [6, 6.07) is 0. The third kappa shape index (κ3) is 2.38. The molecule has 0 spiro atoms. The van der Waals surface area contributed by atoms with Crippen molar-refractivity contribution in [1.82, 2.24) is 0 Å². The predicted molar refractivity (Wildman–Crippen MR) is 42.6 cm³/mol. The van der Waals surface area contributed by atoms with Gasteiger partial charge in [-0.2, -0.15) is 0 Å². The van der Waals surface area contributed by atoms with Crippen LogP contribution in [0.25, 0.3) is 0 Å². The normalized spacial score (nSPS) is 11.9. The van der Waals surface area contributed by atoms with Crippen LogP contribution in [-0.2, 0) is 14.3 Å². The first-order valence-electron chi connectivity index (χ1n) is 3.55. The number of ether oxygens (including phenoxy) is 1. The highest BCUT2D eigenvalue weighted by atomic mass is 16.5. The van der Waals surface area contributed by atoms with Crippen LogP contribution < -0.4 is 0 Å². The van der Waals surface area contributed by atoms with E-state index in [-0.39, 0.29) is 5.57 Å². The molecule has 0 aromatic rings. The van der Waals surface area contributed by atoms with Gasteiger partial charge in [0.05, 0.1) is 7.11 Å². The van der Waals surface area contributed by atoms with Gasteiger partial charge in [0.25, 0.3) is 0 Å². The average Bonchev–Trinajstić information content (AvgIpc) is 2.03. The molecule has 0 unspecified atom stereocenters. The lowest BCUT2D eigenvalue weighted by molar-refractivity contribution is -0.142. The Hall–Kier alpha value is -1.32. The van der Waals surface area contributed by atoms with E-state index in [1.165, 1.54) is 0 Å². The Kier molecular flexibility index (Phi) is 4.04. The molecule has 0 rings (SSSR count). The van der Waals surface area contributed by atoms with Gasteiger partial charge in [0.2, 0.25) is 0 Å². The van der Waals surface area contributed by atoms with Crippen molar-refractivity contribution < 1.29 is 19.4 Å². The van der Waals surface area contributed by atoms with E-state index in [1.807, 2.05) is 0 Å². The van der Waals surface area contributed by atoms with Crippen LogP contribution in [0.1, 0.15) is 20.3 Å². The van der Waals surface area contributed by atoms with E-state index in [9.17, 15) is 9.59 Å². The quantitative estimate of drug-likeness (QED) is 0.298. The molecular formula is C8H12O4. The second kappa shape index (κ2) is 4.54. The Bertz CT molecular complexity index is 227. The van der Waals surface area contributed by atoms with Crippen molar-refractivity contribution in [3.05, 3.63) is 11.1 Å². The van der Waals surface area contributed by atoms with Gasteiger partial charge in [0, 0.05) is 0 Å². The monoisotopic (exact) mass is 172 g/mol. The molecule has 4 nitrogen and oxygen atoms in total. The van der Waals surface area contributed by atoms with Crippen LogP contribution >= 0.6 is 0 Å². The van der Waals surface area contributed by atoms with E-state index < -0.39 is 11.9 Å². The molecular weight excluding hydrogens is 160 g/mol. The summed E-state index contributed by atoms with van der Waals surface area (Å²) in [6.45, 7) is 3.38. The molecule has 1 N–H and O–H groups in total. The van der Waals surface area contributed by atoms with Crippen molar-refractivity contribution in [2.75, 3.05) is 7.11 Å². The maximum absolute atomic E-state index is 10.9. The number of carbonyl (C=O) groups is 2.